The zero-order valence-corrected chi connectivity index (χ0v) is 9.68. The third-order valence-corrected chi connectivity index (χ3v) is 3.37. The van der Waals surface area contributed by atoms with E-state index in [1.807, 2.05) is 0 Å². The van der Waals surface area contributed by atoms with Gasteiger partial charge in [-0.05, 0) is 18.1 Å². The Labute approximate surface area is 95.4 Å². The molecule has 0 unspecified atom stereocenters. The van der Waals surface area contributed by atoms with Gasteiger partial charge in [-0.25, -0.2) is 8.42 Å². The van der Waals surface area contributed by atoms with Gasteiger partial charge in [-0.15, -0.1) is 0 Å². The Morgan fingerprint density at radius 1 is 1.50 bits per heavy atom. The van der Waals surface area contributed by atoms with Gasteiger partial charge in [0.2, 0.25) is 5.82 Å². The maximum atomic E-state index is 13.2. The maximum Gasteiger partial charge on any atom is 0.306 e. The lowest BCUT2D eigenvalue weighted by molar-refractivity contribution is -0.387. The molecule has 0 aliphatic carbocycles. The summed E-state index contributed by atoms with van der Waals surface area (Å²) in [6.07, 6.45) is 0.205. The van der Waals surface area contributed by atoms with E-state index in [2.05, 4.69) is 0 Å². The molecule has 0 amide bonds. The predicted molar refractivity (Wildman–Crippen MR) is 55.5 cm³/mol. The van der Waals surface area contributed by atoms with Gasteiger partial charge < -0.3 is 0 Å². The fraction of sp³-hybridized carbons (Fsp3) is 0.250. The fourth-order valence-electron chi connectivity index (χ4n) is 1.23. The summed E-state index contributed by atoms with van der Waals surface area (Å²) in [7, 11) is 0.981. The average molecular weight is 268 g/mol. The van der Waals surface area contributed by atoms with E-state index in [1.54, 1.807) is 6.92 Å². The Balaban J connectivity index is 3.60. The molecule has 0 fully saturated rings. The number of hydrogen-bond acceptors (Lipinski definition) is 4. The summed E-state index contributed by atoms with van der Waals surface area (Å²) in [5, 5.41) is 10.4. The second-order valence-electron chi connectivity index (χ2n) is 2.96. The quantitative estimate of drug-likeness (QED) is 0.478. The van der Waals surface area contributed by atoms with Gasteiger partial charge in [-0.1, -0.05) is 6.92 Å². The molecule has 0 N–H and O–H groups in total. The van der Waals surface area contributed by atoms with Gasteiger partial charge in [-0.3, -0.25) is 10.1 Å². The molecule has 5 nitrogen and oxygen atoms in total. The lowest BCUT2D eigenvalue weighted by atomic mass is 10.1. The van der Waals surface area contributed by atoms with Crippen LogP contribution in [0.4, 0.5) is 10.1 Å². The first-order valence-corrected chi connectivity index (χ1v) is 6.49. The fourth-order valence-corrected chi connectivity index (χ4v) is 2.43. The van der Waals surface area contributed by atoms with Crippen molar-refractivity contribution in [3.8, 4) is 0 Å². The zero-order chi connectivity index (χ0) is 12.5. The number of benzene rings is 1. The van der Waals surface area contributed by atoms with Crippen LogP contribution in [0.5, 0.6) is 0 Å². The average Bonchev–Trinajstić information content (AvgIpc) is 2.14. The highest BCUT2D eigenvalue weighted by atomic mass is 35.7. The normalized spacial score (nSPS) is 11.4. The Hall–Kier alpha value is -1.21. The van der Waals surface area contributed by atoms with Gasteiger partial charge in [-0.2, -0.15) is 4.39 Å². The van der Waals surface area contributed by atoms with Crippen LogP contribution >= 0.6 is 10.7 Å². The van der Waals surface area contributed by atoms with Crippen molar-refractivity contribution >= 4 is 25.4 Å². The molecule has 88 valence electrons. The summed E-state index contributed by atoms with van der Waals surface area (Å²) in [5.41, 5.74) is -0.797. The molecule has 0 saturated heterocycles. The number of nitro benzene ring substituents is 1. The first kappa shape index (κ1) is 12.9. The third kappa shape index (κ3) is 2.48. The Bertz CT molecular complexity index is 543. The molecular formula is C8H7ClFNO4S. The van der Waals surface area contributed by atoms with Crippen LogP contribution in [-0.2, 0) is 15.5 Å². The van der Waals surface area contributed by atoms with Crippen LogP contribution < -0.4 is 0 Å². The number of nitrogens with zero attached hydrogens (tertiary/aromatic N) is 1. The van der Waals surface area contributed by atoms with E-state index in [1.165, 1.54) is 0 Å². The molecule has 0 bridgehead atoms. The predicted octanol–water partition coefficient (Wildman–Crippen LogP) is 2.22. The molecule has 0 saturated carbocycles. The largest absolute Gasteiger partial charge is 0.306 e. The summed E-state index contributed by atoms with van der Waals surface area (Å²) >= 11 is 0. The van der Waals surface area contributed by atoms with Crippen LogP contribution in [-0.4, -0.2) is 13.3 Å². The van der Waals surface area contributed by atoms with Crippen LogP contribution in [0.3, 0.4) is 0 Å². The number of halogens is 2. The van der Waals surface area contributed by atoms with E-state index in [0.717, 1.165) is 6.07 Å². The molecule has 0 atom stereocenters. The molecule has 8 heteroatoms. The molecular weight excluding hydrogens is 261 g/mol. The highest BCUT2D eigenvalue weighted by Gasteiger charge is 2.23. The third-order valence-electron chi connectivity index (χ3n) is 1.97. The van der Waals surface area contributed by atoms with Crippen molar-refractivity contribution in [3.63, 3.8) is 0 Å². The van der Waals surface area contributed by atoms with Crippen LogP contribution in [0.2, 0.25) is 0 Å². The van der Waals surface area contributed by atoms with Gasteiger partial charge in [0.05, 0.1) is 9.82 Å². The summed E-state index contributed by atoms with van der Waals surface area (Å²) in [5.74, 6) is -1.08. The minimum Gasteiger partial charge on any atom is -0.258 e. The maximum absolute atomic E-state index is 13.2. The molecule has 0 aliphatic heterocycles. The Kier molecular flexibility index (Phi) is 3.49. The zero-order valence-electron chi connectivity index (χ0n) is 8.11. The SMILES string of the molecule is CCc1cc(F)c([N+](=O)[O-])cc1S(=O)(=O)Cl. The standard InChI is InChI=1S/C8H7ClFNO4S/c1-2-5-3-6(10)7(11(12)13)4-8(5)16(9,14)15/h3-4H,2H2,1H3. The van der Waals surface area contributed by atoms with Crippen LogP contribution in [0.15, 0.2) is 17.0 Å². The first-order chi connectivity index (χ1) is 7.27. The van der Waals surface area contributed by atoms with Crippen LogP contribution in [0.1, 0.15) is 12.5 Å². The van der Waals surface area contributed by atoms with Crippen molar-refractivity contribution in [2.24, 2.45) is 0 Å². The molecule has 16 heavy (non-hydrogen) atoms. The highest BCUT2D eigenvalue weighted by Crippen LogP contribution is 2.28. The van der Waals surface area contributed by atoms with E-state index < -0.39 is 30.4 Å². The van der Waals surface area contributed by atoms with Crippen LogP contribution in [0.25, 0.3) is 0 Å². The minimum absolute atomic E-state index is 0.109. The van der Waals surface area contributed by atoms with Crippen molar-refractivity contribution in [2.75, 3.05) is 0 Å². The van der Waals surface area contributed by atoms with Crippen molar-refractivity contribution < 1.29 is 17.7 Å². The van der Waals surface area contributed by atoms with E-state index in [4.69, 9.17) is 10.7 Å². The molecule has 1 aromatic rings. The van der Waals surface area contributed by atoms with E-state index in [9.17, 15) is 22.9 Å². The molecule has 1 rings (SSSR count). The Morgan fingerprint density at radius 3 is 2.44 bits per heavy atom. The number of hydrogen-bond donors (Lipinski definition) is 0. The molecule has 0 aromatic heterocycles. The molecule has 0 radical (unpaired) electrons. The summed E-state index contributed by atoms with van der Waals surface area (Å²) in [6, 6.07) is 1.45. The van der Waals surface area contributed by atoms with Crippen molar-refractivity contribution in [1.82, 2.24) is 0 Å². The summed E-state index contributed by atoms with van der Waals surface area (Å²) in [6.45, 7) is 1.59. The van der Waals surface area contributed by atoms with E-state index >= 15 is 0 Å². The van der Waals surface area contributed by atoms with Crippen molar-refractivity contribution in [3.05, 3.63) is 33.6 Å². The topological polar surface area (TPSA) is 77.3 Å². The Morgan fingerprint density at radius 2 is 2.06 bits per heavy atom. The second-order valence-corrected chi connectivity index (χ2v) is 5.49. The lowest BCUT2D eigenvalue weighted by Crippen LogP contribution is -2.02. The molecule has 0 aliphatic rings. The van der Waals surface area contributed by atoms with Crippen molar-refractivity contribution in [1.29, 1.82) is 0 Å². The number of rotatable bonds is 3. The van der Waals surface area contributed by atoms with Gasteiger partial charge in [0, 0.05) is 16.7 Å². The molecule has 0 spiro atoms. The number of aryl methyl sites for hydroxylation is 1. The highest BCUT2D eigenvalue weighted by molar-refractivity contribution is 8.13. The van der Waals surface area contributed by atoms with Gasteiger partial charge in [0.15, 0.2) is 0 Å². The van der Waals surface area contributed by atoms with Crippen LogP contribution in [0, 0.1) is 15.9 Å². The molecule has 1 aromatic carbocycles. The monoisotopic (exact) mass is 267 g/mol. The van der Waals surface area contributed by atoms with E-state index in [0.29, 0.717) is 6.07 Å². The minimum atomic E-state index is -4.12. The summed E-state index contributed by atoms with van der Waals surface area (Å²) < 4.78 is 35.4. The molecule has 0 heterocycles. The van der Waals surface area contributed by atoms with E-state index in [-0.39, 0.29) is 12.0 Å². The van der Waals surface area contributed by atoms with Gasteiger partial charge in [0.1, 0.15) is 0 Å². The van der Waals surface area contributed by atoms with Crippen molar-refractivity contribution in [2.45, 2.75) is 18.2 Å². The smallest absolute Gasteiger partial charge is 0.258 e. The summed E-state index contributed by atoms with van der Waals surface area (Å²) in [4.78, 5) is 9.00. The van der Waals surface area contributed by atoms with Gasteiger partial charge in [0.25, 0.3) is 9.05 Å². The second kappa shape index (κ2) is 4.34. The lowest BCUT2D eigenvalue weighted by Gasteiger charge is -2.04. The first-order valence-electron chi connectivity index (χ1n) is 4.18. The number of nitro groups is 1. The van der Waals surface area contributed by atoms with Gasteiger partial charge >= 0.3 is 5.69 Å².